The SMILES string of the molecule is CCc1nc2sc(C)c(-c3ccc(C(C)(C)C)cc3)c2c(=O)n1CCC(N)=O. The molecule has 2 N–H and O–H groups in total. The second kappa shape index (κ2) is 7.51. The van der Waals surface area contributed by atoms with Crippen molar-refractivity contribution in [2.24, 2.45) is 5.73 Å². The van der Waals surface area contributed by atoms with E-state index < -0.39 is 5.91 Å². The Kier molecular flexibility index (Phi) is 5.44. The van der Waals surface area contributed by atoms with Crippen LogP contribution in [0.5, 0.6) is 0 Å². The van der Waals surface area contributed by atoms with Crippen LogP contribution in [0.2, 0.25) is 0 Å². The molecule has 0 saturated carbocycles. The summed E-state index contributed by atoms with van der Waals surface area (Å²) in [6.45, 7) is 10.8. The van der Waals surface area contributed by atoms with Crippen LogP contribution < -0.4 is 11.3 Å². The molecule has 1 aromatic carbocycles. The van der Waals surface area contributed by atoms with E-state index in [0.29, 0.717) is 17.6 Å². The van der Waals surface area contributed by atoms with Gasteiger partial charge in [-0.05, 0) is 23.5 Å². The molecule has 0 aliphatic carbocycles. The summed E-state index contributed by atoms with van der Waals surface area (Å²) in [5, 5.41) is 0.632. The number of fused-ring (bicyclic) bond motifs is 1. The predicted octanol–water partition coefficient (Wildman–Crippen LogP) is 4.17. The number of nitrogens with two attached hydrogens (primary N) is 1. The van der Waals surface area contributed by atoms with Crippen LogP contribution in [0.15, 0.2) is 29.1 Å². The average Bonchev–Trinajstić information content (AvgIpc) is 2.96. The average molecular weight is 398 g/mol. The number of hydrogen-bond acceptors (Lipinski definition) is 4. The number of benzene rings is 1. The van der Waals surface area contributed by atoms with E-state index >= 15 is 0 Å². The van der Waals surface area contributed by atoms with Crippen LogP contribution >= 0.6 is 11.3 Å². The van der Waals surface area contributed by atoms with Gasteiger partial charge in [-0.25, -0.2) is 4.98 Å². The molecule has 0 unspecified atom stereocenters. The van der Waals surface area contributed by atoms with Gasteiger partial charge in [0.25, 0.3) is 5.56 Å². The number of amides is 1. The normalized spacial score (nSPS) is 11.9. The van der Waals surface area contributed by atoms with Crippen LogP contribution in [0.3, 0.4) is 0 Å². The summed E-state index contributed by atoms with van der Waals surface area (Å²) in [4.78, 5) is 31.1. The molecule has 148 valence electrons. The number of rotatable bonds is 5. The number of aromatic nitrogens is 2. The van der Waals surface area contributed by atoms with Gasteiger partial charge in [-0.1, -0.05) is 52.0 Å². The third kappa shape index (κ3) is 3.74. The Hall–Kier alpha value is -2.47. The van der Waals surface area contributed by atoms with Gasteiger partial charge in [-0.2, -0.15) is 0 Å². The third-order valence-electron chi connectivity index (χ3n) is 5.00. The zero-order chi connectivity index (χ0) is 20.6. The van der Waals surface area contributed by atoms with Gasteiger partial charge >= 0.3 is 0 Å². The highest BCUT2D eigenvalue weighted by atomic mass is 32.1. The van der Waals surface area contributed by atoms with Crippen molar-refractivity contribution in [1.29, 1.82) is 0 Å². The molecular weight excluding hydrogens is 370 g/mol. The van der Waals surface area contributed by atoms with E-state index in [9.17, 15) is 9.59 Å². The molecule has 28 heavy (non-hydrogen) atoms. The molecule has 0 radical (unpaired) electrons. The van der Waals surface area contributed by atoms with Crippen LogP contribution in [-0.2, 0) is 23.2 Å². The fraction of sp³-hybridized carbons (Fsp3) is 0.409. The second-order valence-electron chi connectivity index (χ2n) is 8.10. The standard InChI is InChI=1S/C22H27N3O2S/c1-6-17-24-20-19(21(27)25(17)12-11-16(23)26)18(13(2)28-20)14-7-9-15(10-8-14)22(3,4)5/h7-10H,6,11-12H2,1-5H3,(H2,23,26). The maximum absolute atomic E-state index is 13.3. The molecule has 6 heteroatoms. The van der Waals surface area contributed by atoms with Crippen LogP contribution in [0.4, 0.5) is 0 Å². The first-order valence-electron chi connectivity index (χ1n) is 9.55. The summed E-state index contributed by atoms with van der Waals surface area (Å²) in [5.74, 6) is 0.267. The van der Waals surface area contributed by atoms with Gasteiger partial charge in [0.1, 0.15) is 10.7 Å². The molecule has 3 rings (SSSR count). The van der Waals surface area contributed by atoms with Gasteiger partial charge in [0.15, 0.2) is 0 Å². The molecule has 2 aromatic heterocycles. The monoisotopic (exact) mass is 397 g/mol. The Balaban J connectivity index is 2.21. The first kappa shape index (κ1) is 20.3. The lowest BCUT2D eigenvalue weighted by Crippen LogP contribution is -2.27. The van der Waals surface area contributed by atoms with E-state index in [0.717, 1.165) is 20.8 Å². The summed E-state index contributed by atoms with van der Waals surface area (Å²) >= 11 is 1.54. The highest BCUT2D eigenvalue weighted by molar-refractivity contribution is 7.19. The number of aryl methyl sites for hydroxylation is 2. The lowest BCUT2D eigenvalue weighted by Gasteiger charge is -2.19. The first-order valence-corrected chi connectivity index (χ1v) is 10.4. The molecule has 0 atom stereocenters. The number of nitrogens with zero attached hydrogens (tertiary/aromatic N) is 2. The minimum absolute atomic E-state index is 0.0728. The van der Waals surface area contributed by atoms with Crippen molar-refractivity contribution >= 4 is 27.5 Å². The fourth-order valence-electron chi connectivity index (χ4n) is 3.44. The summed E-state index contributed by atoms with van der Waals surface area (Å²) < 4.78 is 1.60. The Morgan fingerprint density at radius 2 is 1.86 bits per heavy atom. The summed E-state index contributed by atoms with van der Waals surface area (Å²) in [6.07, 6.45) is 0.745. The lowest BCUT2D eigenvalue weighted by molar-refractivity contribution is -0.118. The van der Waals surface area contributed by atoms with E-state index in [4.69, 9.17) is 10.7 Å². The van der Waals surface area contributed by atoms with Gasteiger partial charge in [-0.3, -0.25) is 14.2 Å². The van der Waals surface area contributed by atoms with Crippen molar-refractivity contribution in [2.45, 2.75) is 59.4 Å². The largest absolute Gasteiger partial charge is 0.370 e. The van der Waals surface area contributed by atoms with E-state index in [-0.39, 0.29) is 23.9 Å². The zero-order valence-corrected chi connectivity index (χ0v) is 17.9. The van der Waals surface area contributed by atoms with Crippen molar-refractivity contribution < 1.29 is 4.79 Å². The summed E-state index contributed by atoms with van der Waals surface area (Å²) in [6, 6.07) is 8.40. The van der Waals surface area contributed by atoms with Crippen LogP contribution in [-0.4, -0.2) is 15.5 Å². The van der Waals surface area contributed by atoms with Gasteiger partial charge in [0.05, 0.1) is 5.39 Å². The van der Waals surface area contributed by atoms with Gasteiger partial charge in [0, 0.05) is 29.8 Å². The Labute approximate surface area is 169 Å². The molecule has 1 amide bonds. The Morgan fingerprint density at radius 3 is 2.39 bits per heavy atom. The second-order valence-corrected chi connectivity index (χ2v) is 9.30. The number of carbonyl (C=O) groups excluding carboxylic acids is 1. The van der Waals surface area contributed by atoms with Crippen molar-refractivity contribution in [3.8, 4) is 11.1 Å². The minimum Gasteiger partial charge on any atom is -0.370 e. The Morgan fingerprint density at radius 1 is 1.21 bits per heavy atom. The van der Waals surface area contributed by atoms with Gasteiger partial charge in [0.2, 0.25) is 5.91 Å². The number of carbonyl (C=O) groups is 1. The summed E-state index contributed by atoms with van der Waals surface area (Å²) in [7, 11) is 0. The molecule has 0 spiro atoms. The quantitative estimate of drug-likeness (QED) is 0.702. The molecule has 0 saturated heterocycles. The molecule has 0 bridgehead atoms. The van der Waals surface area contributed by atoms with Crippen LogP contribution in [0, 0.1) is 6.92 Å². The molecule has 0 fully saturated rings. The van der Waals surface area contributed by atoms with Gasteiger partial charge in [-0.15, -0.1) is 11.3 Å². The Bertz CT molecular complexity index is 1090. The zero-order valence-electron chi connectivity index (χ0n) is 17.1. The molecule has 0 aliphatic heterocycles. The fourth-order valence-corrected chi connectivity index (χ4v) is 4.50. The van der Waals surface area contributed by atoms with Crippen molar-refractivity contribution in [2.75, 3.05) is 0 Å². The van der Waals surface area contributed by atoms with E-state index in [1.54, 1.807) is 15.9 Å². The lowest BCUT2D eigenvalue weighted by atomic mass is 9.86. The van der Waals surface area contributed by atoms with E-state index in [1.165, 1.54) is 5.56 Å². The number of hydrogen-bond donors (Lipinski definition) is 1. The first-order chi connectivity index (χ1) is 13.1. The maximum Gasteiger partial charge on any atom is 0.262 e. The highest BCUT2D eigenvalue weighted by Gasteiger charge is 2.20. The smallest absolute Gasteiger partial charge is 0.262 e. The van der Waals surface area contributed by atoms with Crippen LogP contribution in [0.25, 0.3) is 21.3 Å². The topological polar surface area (TPSA) is 78.0 Å². The third-order valence-corrected chi connectivity index (χ3v) is 6.00. The summed E-state index contributed by atoms with van der Waals surface area (Å²) in [5.41, 5.74) is 8.48. The molecule has 3 aromatic rings. The van der Waals surface area contributed by atoms with Crippen molar-refractivity contribution in [3.63, 3.8) is 0 Å². The van der Waals surface area contributed by atoms with Gasteiger partial charge < -0.3 is 5.73 Å². The van der Waals surface area contributed by atoms with Crippen molar-refractivity contribution in [1.82, 2.24) is 9.55 Å². The van der Waals surface area contributed by atoms with E-state index in [2.05, 4.69) is 45.0 Å². The number of thiophene rings is 1. The molecule has 5 nitrogen and oxygen atoms in total. The maximum atomic E-state index is 13.3. The van der Waals surface area contributed by atoms with Crippen molar-refractivity contribution in [3.05, 3.63) is 50.9 Å². The number of primary amides is 1. The predicted molar refractivity (Wildman–Crippen MR) is 116 cm³/mol. The minimum atomic E-state index is -0.423. The van der Waals surface area contributed by atoms with E-state index in [1.807, 2.05) is 13.8 Å². The molecule has 0 aliphatic rings. The van der Waals surface area contributed by atoms with Crippen LogP contribution in [0.1, 0.15) is 50.4 Å². The molecule has 2 heterocycles. The highest BCUT2D eigenvalue weighted by Crippen LogP contribution is 2.36. The molecular formula is C22H27N3O2S.